The van der Waals surface area contributed by atoms with Crippen LogP contribution in [-0.2, 0) is 0 Å². The van der Waals surface area contributed by atoms with Gasteiger partial charge in [0.05, 0.1) is 0 Å². The van der Waals surface area contributed by atoms with Crippen LogP contribution < -0.4 is 0 Å². The molecule has 3 heteroatoms. The zero-order chi connectivity index (χ0) is 8.85. The van der Waals surface area contributed by atoms with E-state index in [1.807, 2.05) is 13.8 Å². The molecule has 0 saturated heterocycles. The third-order valence-corrected chi connectivity index (χ3v) is 0.908. The minimum atomic E-state index is -0.809. The van der Waals surface area contributed by atoms with Gasteiger partial charge in [0.25, 0.3) is 0 Å². The second kappa shape index (κ2) is 4.66. The van der Waals surface area contributed by atoms with Crippen molar-refractivity contribution in [2.45, 2.75) is 13.8 Å². The highest BCUT2D eigenvalue weighted by molar-refractivity contribution is 5.22. The predicted octanol–water partition coefficient (Wildman–Crippen LogP) is 2.70. The van der Waals surface area contributed by atoms with Gasteiger partial charge in [-0.05, 0) is 12.1 Å². The van der Waals surface area contributed by atoms with Crippen molar-refractivity contribution in [1.82, 2.24) is 0 Å². The molecule has 0 saturated carbocycles. The van der Waals surface area contributed by atoms with Crippen molar-refractivity contribution < 1.29 is 13.9 Å². The second-order valence-electron chi connectivity index (χ2n) is 1.60. The van der Waals surface area contributed by atoms with Gasteiger partial charge in [0.15, 0.2) is 11.6 Å². The van der Waals surface area contributed by atoms with Crippen LogP contribution in [0.5, 0.6) is 5.75 Å². The molecule has 0 unspecified atom stereocenters. The van der Waals surface area contributed by atoms with Gasteiger partial charge in [-0.15, -0.1) is 0 Å². The Morgan fingerprint density at radius 2 is 1.73 bits per heavy atom. The van der Waals surface area contributed by atoms with Crippen LogP contribution in [0.1, 0.15) is 13.8 Å². The van der Waals surface area contributed by atoms with Gasteiger partial charge < -0.3 is 5.11 Å². The van der Waals surface area contributed by atoms with E-state index in [2.05, 4.69) is 0 Å². The van der Waals surface area contributed by atoms with E-state index in [9.17, 15) is 8.78 Å². The first kappa shape index (κ1) is 9.88. The number of rotatable bonds is 0. The standard InChI is InChI=1S/C6H4F2O.C2H6/c7-4-1-2-5(8)6(9)3-4;1-2/h1-3,9H;1-2H3. The Labute approximate surface area is 64.3 Å². The fourth-order valence-electron chi connectivity index (χ4n) is 0.486. The molecule has 0 spiro atoms. The normalized spacial score (nSPS) is 8.36. The van der Waals surface area contributed by atoms with Crippen LogP contribution in [0.2, 0.25) is 0 Å². The highest BCUT2D eigenvalue weighted by Gasteiger charge is 1.98. The van der Waals surface area contributed by atoms with Crippen molar-refractivity contribution in [1.29, 1.82) is 0 Å². The zero-order valence-electron chi connectivity index (χ0n) is 6.44. The van der Waals surface area contributed by atoms with Gasteiger partial charge >= 0.3 is 0 Å². The third kappa shape index (κ3) is 2.98. The number of phenolic OH excluding ortho intramolecular Hbond substituents is 1. The van der Waals surface area contributed by atoms with Crippen molar-refractivity contribution >= 4 is 0 Å². The molecule has 0 amide bonds. The summed E-state index contributed by atoms with van der Waals surface area (Å²) in [5.74, 6) is -2.11. The minimum Gasteiger partial charge on any atom is -0.505 e. The molecule has 0 aliphatic carbocycles. The molecule has 1 N–H and O–H groups in total. The number of aromatic hydroxyl groups is 1. The molecule has 0 aliphatic heterocycles. The summed E-state index contributed by atoms with van der Waals surface area (Å²) in [6.45, 7) is 4.00. The predicted molar refractivity (Wildman–Crippen MR) is 39.4 cm³/mol. The van der Waals surface area contributed by atoms with Gasteiger partial charge in [0.1, 0.15) is 5.82 Å². The van der Waals surface area contributed by atoms with Crippen LogP contribution in [0.15, 0.2) is 18.2 Å². The highest BCUT2D eigenvalue weighted by atomic mass is 19.1. The third-order valence-electron chi connectivity index (χ3n) is 0.908. The van der Waals surface area contributed by atoms with Gasteiger partial charge in [-0.2, -0.15) is 0 Å². The zero-order valence-corrected chi connectivity index (χ0v) is 6.44. The summed E-state index contributed by atoms with van der Waals surface area (Å²) in [7, 11) is 0. The van der Waals surface area contributed by atoms with Crippen molar-refractivity contribution in [3.8, 4) is 5.75 Å². The Balaban J connectivity index is 0.000000461. The molecular weight excluding hydrogens is 150 g/mol. The topological polar surface area (TPSA) is 20.2 Å². The van der Waals surface area contributed by atoms with Crippen molar-refractivity contribution in [2.24, 2.45) is 0 Å². The quantitative estimate of drug-likeness (QED) is 0.618. The molecule has 0 aromatic heterocycles. The van der Waals surface area contributed by atoms with E-state index in [-0.39, 0.29) is 0 Å². The van der Waals surface area contributed by atoms with Crippen LogP contribution in [0.25, 0.3) is 0 Å². The van der Waals surface area contributed by atoms with E-state index in [0.717, 1.165) is 18.2 Å². The fraction of sp³-hybridized carbons (Fsp3) is 0.250. The molecular formula is C8H10F2O. The van der Waals surface area contributed by atoms with E-state index in [0.29, 0.717) is 0 Å². The molecule has 62 valence electrons. The first-order valence-corrected chi connectivity index (χ1v) is 3.34. The van der Waals surface area contributed by atoms with Gasteiger partial charge in [-0.25, -0.2) is 8.78 Å². The molecule has 1 aromatic carbocycles. The lowest BCUT2D eigenvalue weighted by molar-refractivity contribution is 0.426. The van der Waals surface area contributed by atoms with Gasteiger partial charge in [0.2, 0.25) is 0 Å². The monoisotopic (exact) mass is 160 g/mol. The van der Waals surface area contributed by atoms with E-state index < -0.39 is 17.4 Å². The average molecular weight is 160 g/mol. The lowest BCUT2D eigenvalue weighted by Crippen LogP contribution is -1.76. The maximum absolute atomic E-state index is 12.1. The first-order valence-electron chi connectivity index (χ1n) is 3.34. The summed E-state index contributed by atoms with van der Waals surface area (Å²) in [6.07, 6.45) is 0. The molecule has 1 rings (SSSR count). The molecule has 0 atom stereocenters. The Morgan fingerprint density at radius 3 is 2.09 bits per heavy atom. The van der Waals surface area contributed by atoms with Crippen LogP contribution in [-0.4, -0.2) is 5.11 Å². The Kier molecular flexibility index (Phi) is 4.18. The number of hydrogen-bond acceptors (Lipinski definition) is 1. The average Bonchev–Trinajstić information content (AvgIpc) is 2.02. The largest absolute Gasteiger partial charge is 0.505 e. The molecule has 0 fully saturated rings. The highest BCUT2D eigenvalue weighted by Crippen LogP contribution is 2.14. The van der Waals surface area contributed by atoms with Gasteiger partial charge in [-0.3, -0.25) is 0 Å². The minimum absolute atomic E-state index is 0.645. The Bertz CT molecular complexity index is 223. The maximum atomic E-state index is 12.1. The maximum Gasteiger partial charge on any atom is 0.165 e. The summed E-state index contributed by atoms with van der Waals surface area (Å²) < 4.78 is 24.1. The van der Waals surface area contributed by atoms with Gasteiger partial charge in [0, 0.05) is 6.07 Å². The van der Waals surface area contributed by atoms with Crippen molar-refractivity contribution in [3.63, 3.8) is 0 Å². The Morgan fingerprint density at radius 1 is 1.18 bits per heavy atom. The number of phenols is 1. The molecule has 1 aromatic rings. The molecule has 0 bridgehead atoms. The lowest BCUT2D eigenvalue weighted by atomic mass is 10.3. The fourth-order valence-corrected chi connectivity index (χ4v) is 0.486. The first-order chi connectivity index (χ1) is 5.20. The van der Waals surface area contributed by atoms with E-state index in [1.165, 1.54) is 0 Å². The van der Waals surface area contributed by atoms with E-state index in [1.54, 1.807) is 0 Å². The van der Waals surface area contributed by atoms with Crippen LogP contribution >= 0.6 is 0 Å². The lowest BCUT2D eigenvalue weighted by Gasteiger charge is -1.91. The van der Waals surface area contributed by atoms with Crippen LogP contribution in [0.4, 0.5) is 8.78 Å². The summed E-state index contributed by atoms with van der Waals surface area (Å²) in [6, 6.07) is 2.52. The summed E-state index contributed by atoms with van der Waals surface area (Å²) in [5, 5.41) is 8.49. The number of halogens is 2. The number of benzene rings is 1. The summed E-state index contributed by atoms with van der Waals surface area (Å²) in [4.78, 5) is 0. The van der Waals surface area contributed by atoms with Crippen molar-refractivity contribution in [2.75, 3.05) is 0 Å². The van der Waals surface area contributed by atoms with Crippen LogP contribution in [0, 0.1) is 11.6 Å². The molecule has 0 aliphatic rings. The molecule has 11 heavy (non-hydrogen) atoms. The van der Waals surface area contributed by atoms with Gasteiger partial charge in [-0.1, -0.05) is 13.8 Å². The second-order valence-corrected chi connectivity index (χ2v) is 1.60. The molecule has 1 nitrogen and oxygen atoms in total. The smallest absolute Gasteiger partial charge is 0.165 e. The summed E-state index contributed by atoms with van der Waals surface area (Å²) >= 11 is 0. The van der Waals surface area contributed by atoms with Crippen molar-refractivity contribution in [3.05, 3.63) is 29.8 Å². The van der Waals surface area contributed by atoms with E-state index >= 15 is 0 Å². The molecule has 0 heterocycles. The van der Waals surface area contributed by atoms with E-state index in [4.69, 9.17) is 5.11 Å². The summed E-state index contributed by atoms with van der Waals surface area (Å²) in [5.41, 5.74) is 0. The number of hydrogen-bond donors (Lipinski definition) is 1. The van der Waals surface area contributed by atoms with Crippen LogP contribution in [0.3, 0.4) is 0 Å². The molecule has 0 radical (unpaired) electrons. The SMILES string of the molecule is CC.Oc1cc(F)ccc1F. The Hall–Kier alpha value is -1.12.